The minimum Gasteiger partial charge on any atom is -0.392 e. The number of thioether (sulfide) groups is 1. The van der Waals surface area contributed by atoms with Crippen molar-refractivity contribution in [3.63, 3.8) is 0 Å². The summed E-state index contributed by atoms with van der Waals surface area (Å²) in [5.41, 5.74) is 4.54. The first kappa shape index (κ1) is 27.0. The van der Waals surface area contributed by atoms with Gasteiger partial charge in [0.05, 0.1) is 18.8 Å². The standard InChI is InChI=1S/C32H32N2O4S/c35-21-24-11-13-25(14-12-24)30-19-28(22-39-29-9-5-2-6-10-29)37-31(38-30)26-15-17-27(18-16-26)34-32(36)33-20-23-7-3-1-4-8-23/h1-18,28,30-31,35H,19-22H2,(H2,33,34,36)/t28-,30+,31+/m1/s1. The maximum Gasteiger partial charge on any atom is 0.319 e. The molecule has 1 saturated heterocycles. The van der Waals surface area contributed by atoms with Crippen LogP contribution in [-0.2, 0) is 22.6 Å². The largest absolute Gasteiger partial charge is 0.392 e. The summed E-state index contributed by atoms with van der Waals surface area (Å²) >= 11 is 1.77. The van der Waals surface area contributed by atoms with E-state index in [1.54, 1.807) is 11.8 Å². The Bertz CT molecular complexity index is 1320. The molecule has 4 aromatic rings. The van der Waals surface area contributed by atoms with Gasteiger partial charge in [-0.05, 0) is 41.0 Å². The molecule has 6 nitrogen and oxygen atoms in total. The van der Waals surface area contributed by atoms with E-state index in [4.69, 9.17) is 9.47 Å². The average molecular weight is 541 g/mol. The van der Waals surface area contributed by atoms with Crippen molar-refractivity contribution in [2.75, 3.05) is 11.1 Å². The van der Waals surface area contributed by atoms with Crippen molar-refractivity contribution in [2.24, 2.45) is 0 Å². The van der Waals surface area contributed by atoms with Crippen molar-refractivity contribution in [2.45, 2.75) is 43.0 Å². The molecular weight excluding hydrogens is 508 g/mol. The summed E-state index contributed by atoms with van der Waals surface area (Å²) in [7, 11) is 0. The molecule has 0 unspecified atom stereocenters. The number of carbonyl (C=O) groups excluding carboxylic acids is 1. The van der Waals surface area contributed by atoms with Gasteiger partial charge in [0.15, 0.2) is 6.29 Å². The van der Waals surface area contributed by atoms with Crippen LogP contribution in [0.4, 0.5) is 10.5 Å². The van der Waals surface area contributed by atoms with Crippen LogP contribution in [-0.4, -0.2) is 23.0 Å². The Hall–Kier alpha value is -3.62. The molecule has 4 aromatic carbocycles. The maximum absolute atomic E-state index is 12.4. The predicted molar refractivity (Wildman–Crippen MR) is 154 cm³/mol. The summed E-state index contributed by atoms with van der Waals surface area (Å²) in [5.74, 6) is 0.802. The monoisotopic (exact) mass is 540 g/mol. The van der Waals surface area contributed by atoms with Crippen LogP contribution in [0.2, 0.25) is 0 Å². The lowest BCUT2D eigenvalue weighted by Gasteiger charge is -2.36. The summed E-state index contributed by atoms with van der Waals surface area (Å²) in [4.78, 5) is 13.6. The molecule has 3 atom stereocenters. The van der Waals surface area contributed by atoms with Crippen molar-refractivity contribution in [1.82, 2.24) is 5.32 Å². The van der Waals surface area contributed by atoms with Gasteiger partial charge in [-0.3, -0.25) is 0 Å². The SMILES string of the molecule is O=C(NCc1ccccc1)Nc1ccc([C@H]2O[C@@H](CSc3ccccc3)C[C@@H](c3ccc(CO)cc3)O2)cc1. The highest BCUT2D eigenvalue weighted by molar-refractivity contribution is 7.99. The van der Waals surface area contributed by atoms with Gasteiger partial charge in [0.2, 0.25) is 0 Å². The van der Waals surface area contributed by atoms with Crippen molar-refractivity contribution >= 4 is 23.5 Å². The minimum atomic E-state index is -0.538. The molecule has 3 N–H and O–H groups in total. The molecule has 39 heavy (non-hydrogen) atoms. The Morgan fingerprint density at radius 1 is 0.795 bits per heavy atom. The fourth-order valence-electron chi connectivity index (χ4n) is 4.41. The Balaban J connectivity index is 1.24. The first-order valence-electron chi connectivity index (χ1n) is 13.0. The summed E-state index contributed by atoms with van der Waals surface area (Å²) in [6.45, 7) is 0.468. The van der Waals surface area contributed by atoms with Gasteiger partial charge in [0.1, 0.15) is 0 Å². The quantitative estimate of drug-likeness (QED) is 0.203. The minimum absolute atomic E-state index is 0.0124. The molecule has 0 saturated carbocycles. The van der Waals surface area contributed by atoms with Crippen molar-refractivity contribution in [3.05, 3.63) is 131 Å². The Morgan fingerprint density at radius 3 is 2.15 bits per heavy atom. The summed E-state index contributed by atoms with van der Waals surface area (Å²) < 4.78 is 12.8. The molecular formula is C32H32N2O4S. The number of anilines is 1. The van der Waals surface area contributed by atoms with Gasteiger partial charge in [0, 0.05) is 34.9 Å². The highest BCUT2D eigenvalue weighted by atomic mass is 32.2. The number of hydrogen-bond donors (Lipinski definition) is 3. The molecule has 0 radical (unpaired) electrons. The van der Waals surface area contributed by atoms with Crippen LogP contribution in [0.15, 0.2) is 114 Å². The lowest BCUT2D eigenvalue weighted by Crippen LogP contribution is -2.31. The zero-order chi connectivity index (χ0) is 26.9. The van der Waals surface area contributed by atoms with Gasteiger partial charge in [-0.15, -0.1) is 11.8 Å². The van der Waals surface area contributed by atoms with Gasteiger partial charge < -0.3 is 25.2 Å². The fraction of sp³-hybridized carbons (Fsp3) is 0.219. The highest BCUT2D eigenvalue weighted by Crippen LogP contribution is 2.39. The second-order valence-electron chi connectivity index (χ2n) is 9.39. The molecule has 0 bridgehead atoms. The number of amides is 2. The summed E-state index contributed by atoms with van der Waals surface area (Å²) in [6.07, 6.45) is 0.0387. The Labute approximate surface area is 233 Å². The van der Waals surface area contributed by atoms with Crippen molar-refractivity contribution < 1.29 is 19.4 Å². The van der Waals surface area contributed by atoms with E-state index >= 15 is 0 Å². The first-order valence-corrected chi connectivity index (χ1v) is 14.0. The van der Waals surface area contributed by atoms with Crippen molar-refractivity contribution in [3.8, 4) is 0 Å². The number of urea groups is 1. The molecule has 1 aliphatic heterocycles. The molecule has 7 heteroatoms. The zero-order valence-electron chi connectivity index (χ0n) is 21.5. The Kier molecular flexibility index (Phi) is 9.30. The van der Waals surface area contributed by atoms with Crippen LogP contribution in [0, 0.1) is 0 Å². The van der Waals surface area contributed by atoms with Crippen LogP contribution in [0.3, 0.4) is 0 Å². The number of carbonyl (C=O) groups is 1. The molecule has 1 heterocycles. The van der Waals surface area contributed by atoms with Gasteiger partial charge >= 0.3 is 6.03 Å². The fourth-order valence-corrected chi connectivity index (χ4v) is 5.35. The number of nitrogens with one attached hydrogen (secondary N) is 2. The van der Waals surface area contributed by atoms with E-state index < -0.39 is 6.29 Å². The molecule has 200 valence electrons. The van der Waals surface area contributed by atoms with E-state index in [1.807, 2.05) is 97.1 Å². The summed E-state index contributed by atoms with van der Waals surface area (Å²) in [6, 6.07) is 35.3. The van der Waals surface area contributed by atoms with Crippen molar-refractivity contribution in [1.29, 1.82) is 0 Å². The number of aliphatic hydroxyl groups excluding tert-OH is 1. The smallest absolute Gasteiger partial charge is 0.319 e. The summed E-state index contributed by atoms with van der Waals surface area (Å²) in [5, 5.41) is 15.2. The maximum atomic E-state index is 12.4. The van der Waals surface area contributed by atoms with Crippen LogP contribution < -0.4 is 10.6 Å². The normalized spacial score (nSPS) is 18.8. The predicted octanol–water partition coefficient (Wildman–Crippen LogP) is 6.84. The van der Waals surface area contributed by atoms with Crippen LogP contribution >= 0.6 is 11.8 Å². The lowest BCUT2D eigenvalue weighted by molar-refractivity contribution is -0.245. The molecule has 5 rings (SSSR count). The number of rotatable bonds is 9. The van der Waals surface area contributed by atoms with E-state index in [9.17, 15) is 9.90 Å². The molecule has 0 aliphatic carbocycles. The average Bonchev–Trinajstić information content (AvgIpc) is 3.00. The number of benzene rings is 4. The van der Waals surface area contributed by atoms with Crippen LogP contribution in [0.25, 0.3) is 0 Å². The Morgan fingerprint density at radius 2 is 1.46 bits per heavy atom. The van der Waals surface area contributed by atoms with E-state index in [1.165, 1.54) is 4.90 Å². The van der Waals surface area contributed by atoms with E-state index in [-0.39, 0.29) is 24.8 Å². The van der Waals surface area contributed by atoms with Gasteiger partial charge in [-0.25, -0.2) is 4.79 Å². The van der Waals surface area contributed by atoms with E-state index in [0.29, 0.717) is 12.2 Å². The van der Waals surface area contributed by atoms with E-state index in [2.05, 4.69) is 22.8 Å². The first-order chi connectivity index (χ1) is 19.2. The second kappa shape index (κ2) is 13.4. The molecule has 2 amide bonds. The van der Waals surface area contributed by atoms with E-state index in [0.717, 1.165) is 34.4 Å². The lowest BCUT2D eigenvalue weighted by atomic mass is 10.0. The number of ether oxygens (including phenoxy) is 2. The topological polar surface area (TPSA) is 79.8 Å². The third-order valence-electron chi connectivity index (χ3n) is 6.53. The highest BCUT2D eigenvalue weighted by Gasteiger charge is 2.32. The second-order valence-corrected chi connectivity index (χ2v) is 10.5. The molecule has 0 aromatic heterocycles. The molecule has 1 fully saturated rings. The van der Waals surface area contributed by atoms with Gasteiger partial charge in [-0.1, -0.05) is 84.9 Å². The number of aliphatic hydroxyl groups is 1. The molecule has 0 spiro atoms. The number of hydrogen-bond acceptors (Lipinski definition) is 5. The third kappa shape index (κ3) is 7.71. The van der Waals surface area contributed by atoms with Crippen LogP contribution in [0.1, 0.15) is 41.1 Å². The van der Waals surface area contributed by atoms with Gasteiger partial charge in [-0.2, -0.15) is 0 Å². The van der Waals surface area contributed by atoms with Crippen LogP contribution in [0.5, 0.6) is 0 Å². The van der Waals surface area contributed by atoms with Gasteiger partial charge in [0.25, 0.3) is 0 Å². The molecule has 1 aliphatic rings. The zero-order valence-corrected chi connectivity index (χ0v) is 22.3. The third-order valence-corrected chi connectivity index (χ3v) is 7.67.